The zero-order chi connectivity index (χ0) is 9.40. The lowest BCUT2D eigenvalue weighted by Crippen LogP contribution is -2.02. The second-order valence-corrected chi connectivity index (χ2v) is 2.84. The molecule has 0 aliphatic heterocycles. The molecule has 0 radical (unpaired) electrons. The Labute approximate surface area is 74.6 Å². The molecule has 0 saturated heterocycles. The van der Waals surface area contributed by atoms with Crippen molar-refractivity contribution in [2.24, 2.45) is 0 Å². The first-order valence-corrected chi connectivity index (χ1v) is 4.52. The highest BCUT2D eigenvalue weighted by Crippen LogP contribution is 2.02. The summed E-state index contributed by atoms with van der Waals surface area (Å²) in [5, 5.41) is 0. The first-order chi connectivity index (χ1) is 5.70. The van der Waals surface area contributed by atoms with Crippen molar-refractivity contribution in [1.82, 2.24) is 0 Å². The van der Waals surface area contributed by atoms with Gasteiger partial charge in [-0.15, -0.1) is 0 Å². The maximum Gasteiger partial charge on any atom is 0.305 e. The van der Waals surface area contributed by atoms with E-state index >= 15 is 0 Å². The molecule has 2 nitrogen and oxygen atoms in total. The van der Waals surface area contributed by atoms with Crippen LogP contribution in [0.4, 0.5) is 0 Å². The van der Waals surface area contributed by atoms with Crippen LogP contribution in [0, 0.1) is 0 Å². The number of rotatable bonds is 5. The minimum absolute atomic E-state index is 0.129. The molecular formula is C10H18O2. The quantitative estimate of drug-likeness (QED) is 0.468. The average molecular weight is 170 g/mol. The molecule has 0 aliphatic rings. The Kier molecular flexibility index (Phi) is 6.44. The summed E-state index contributed by atoms with van der Waals surface area (Å²) in [5.74, 6) is -0.129. The minimum atomic E-state index is -0.129. The molecule has 0 saturated carbocycles. The van der Waals surface area contributed by atoms with E-state index in [1.54, 1.807) is 6.92 Å². The summed E-state index contributed by atoms with van der Waals surface area (Å²) >= 11 is 0. The van der Waals surface area contributed by atoms with Crippen LogP contribution < -0.4 is 0 Å². The Bertz CT molecular complexity index is 159. The van der Waals surface area contributed by atoms with E-state index in [1.807, 2.05) is 6.08 Å². The van der Waals surface area contributed by atoms with Gasteiger partial charge in [-0.2, -0.15) is 0 Å². The van der Waals surface area contributed by atoms with Crippen molar-refractivity contribution >= 4 is 5.97 Å². The van der Waals surface area contributed by atoms with Crippen LogP contribution in [-0.4, -0.2) is 12.6 Å². The molecule has 0 aromatic rings. The third-order valence-corrected chi connectivity index (χ3v) is 1.61. The van der Waals surface area contributed by atoms with E-state index < -0.39 is 0 Å². The number of carbonyl (C=O) groups excluding carboxylic acids is 1. The molecule has 0 unspecified atom stereocenters. The molecule has 0 rings (SSSR count). The second kappa shape index (κ2) is 6.89. The molecule has 0 bridgehead atoms. The Morgan fingerprint density at radius 2 is 2.08 bits per heavy atom. The van der Waals surface area contributed by atoms with Gasteiger partial charge in [0.2, 0.25) is 0 Å². The maximum absolute atomic E-state index is 10.7. The maximum atomic E-state index is 10.7. The van der Waals surface area contributed by atoms with Crippen LogP contribution in [0.5, 0.6) is 0 Å². The molecule has 0 N–H and O–H groups in total. The molecule has 2 heteroatoms. The number of ether oxygens (including phenoxy) is 1. The number of carbonyl (C=O) groups is 1. The molecule has 0 heterocycles. The largest absolute Gasteiger partial charge is 0.461 e. The standard InChI is InChI=1S/C10H18O2/c1-4-6-9(3)7-8-12-10(11)5-2/h7H,4-6,8H2,1-3H3. The third kappa shape index (κ3) is 5.96. The second-order valence-electron chi connectivity index (χ2n) is 2.84. The summed E-state index contributed by atoms with van der Waals surface area (Å²) in [6.07, 6.45) is 4.66. The smallest absolute Gasteiger partial charge is 0.305 e. The first kappa shape index (κ1) is 11.2. The van der Waals surface area contributed by atoms with Gasteiger partial charge in [0, 0.05) is 6.42 Å². The van der Waals surface area contributed by atoms with Gasteiger partial charge in [-0.3, -0.25) is 4.79 Å². The highest BCUT2D eigenvalue weighted by molar-refractivity contribution is 5.68. The average Bonchev–Trinajstić information content (AvgIpc) is 2.04. The van der Waals surface area contributed by atoms with Gasteiger partial charge in [-0.25, -0.2) is 0 Å². The van der Waals surface area contributed by atoms with Crippen LogP contribution in [0.1, 0.15) is 40.0 Å². The van der Waals surface area contributed by atoms with Crippen LogP contribution in [0.3, 0.4) is 0 Å². The van der Waals surface area contributed by atoms with Crippen molar-refractivity contribution < 1.29 is 9.53 Å². The molecule has 0 spiro atoms. The molecule has 0 fully saturated rings. The van der Waals surface area contributed by atoms with E-state index in [2.05, 4.69) is 13.8 Å². The lowest BCUT2D eigenvalue weighted by atomic mass is 10.2. The zero-order valence-electron chi connectivity index (χ0n) is 8.22. The van der Waals surface area contributed by atoms with Crippen LogP contribution >= 0.6 is 0 Å². The van der Waals surface area contributed by atoms with E-state index in [0.29, 0.717) is 13.0 Å². The topological polar surface area (TPSA) is 26.3 Å². The molecule has 0 aliphatic carbocycles. The van der Waals surface area contributed by atoms with E-state index in [1.165, 1.54) is 5.57 Å². The van der Waals surface area contributed by atoms with E-state index in [4.69, 9.17) is 4.74 Å². The molecule has 0 aromatic heterocycles. The molecule has 70 valence electrons. The third-order valence-electron chi connectivity index (χ3n) is 1.61. The van der Waals surface area contributed by atoms with Gasteiger partial charge in [0.15, 0.2) is 0 Å². The van der Waals surface area contributed by atoms with Crippen LogP contribution in [0.15, 0.2) is 11.6 Å². The van der Waals surface area contributed by atoms with Crippen molar-refractivity contribution in [3.63, 3.8) is 0 Å². The summed E-state index contributed by atoms with van der Waals surface area (Å²) < 4.78 is 4.89. The SMILES string of the molecule is CCCC(C)=CCOC(=O)CC. The molecular weight excluding hydrogens is 152 g/mol. The molecule has 0 amide bonds. The lowest BCUT2D eigenvalue weighted by molar-refractivity contribution is -0.141. The van der Waals surface area contributed by atoms with Gasteiger partial charge >= 0.3 is 5.97 Å². The van der Waals surface area contributed by atoms with Gasteiger partial charge in [-0.05, 0) is 19.4 Å². The van der Waals surface area contributed by atoms with Gasteiger partial charge in [0.05, 0.1) is 0 Å². The minimum Gasteiger partial charge on any atom is -0.461 e. The predicted octanol–water partition coefficient (Wildman–Crippen LogP) is 2.69. The first-order valence-electron chi connectivity index (χ1n) is 4.52. The highest BCUT2D eigenvalue weighted by atomic mass is 16.5. The lowest BCUT2D eigenvalue weighted by Gasteiger charge is -2.00. The van der Waals surface area contributed by atoms with Crippen LogP contribution in [0.25, 0.3) is 0 Å². The monoisotopic (exact) mass is 170 g/mol. The van der Waals surface area contributed by atoms with Crippen molar-refractivity contribution in [1.29, 1.82) is 0 Å². The van der Waals surface area contributed by atoms with Gasteiger partial charge < -0.3 is 4.74 Å². The summed E-state index contributed by atoms with van der Waals surface area (Å²) in [6, 6.07) is 0. The van der Waals surface area contributed by atoms with E-state index in [-0.39, 0.29) is 5.97 Å². The number of hydrogen-bond acceptors (Lipinski definition) is 2. The van der Waals surface area contributed by atoms with E-state index in [0.717, 1.165) is 12.8 Å². The Morgan fingerprint density at radius 3 is 2.58 bits per heavy atom. The molecule has 0 atom stereocenters. The van der Waals surface area contributed by atoms with Crippen molar-refractivity contribution in [2.45, 2.75) is 40.0 Å². The Balaban J connectivity index is 3.52. The Hall–Kier alpha value is -0.790. The van der Waals surface area contributed by atoms with Crippen molar-refractivity contribution in [3.8, 4) is 0 Å². The summed E-state index contributed by atoms with van der Waals surface area (Å²) in [6.45, 7) is 6.42. The molecule has 12 heavy (non-hydrogen) atoms. The fraction of sp³-hybridized carbons (Fsp3) is 0.700. The molecule has 0 aromatic carbocycles. The zero-order valence-corrected chi connectivity index (χ0v) is 8.22. The Morgan fingerprint density at radius 1 is 1.42 bits per heavy atom. The van der Waals surface area contributed by atoms with Gasteiger partial charge in [-0.1, -0.05) is 25.8 Å². The van der Waals surface area contributed by atoms with Crippen LogP contribution in [0.2, 0.25) is 0 Å². The highest BCUT2D eigenvalue weighted by Gasteiger charge is 1.94. The summed E-state index contributed by atoms with van der Waals surface area (Å²) in [5.41, 5.74) is 1.29. The summed E-state index contributed by atoms with van der Waals surface area (Å²) in [4.78, 5) is 10.7. The van der Waals surface area contributed by atoms with Gasteiger partial charge in [0.25, 0.3) is 0 Å². The predicted molar refractivity (Wildman–Crippen MR) is 49.9 cm³/mol. The van der Waals surface area contributed by atoms with E-state index in [9.17, 15) is 4.79 Å². The number of allylic oxidation sites excluding steroid dienone is 1. The fourth-order valence-corrected chi connectivity index (χ4v) is 0.875. The van der Waals surface area contributed by atoms with Crippen molar-refractivity contribution in [3.05, 3.63) is 11.6 Å². The number of hydrogen-bond donors (Lipinski definition) is 0. The summed E-state index contributed by atoms with van der Waals surface area (Å²) in [7, 11) is 0. The van der Waals surface area contributed by atoms with Gasteiger partial charge in [0.1, 0.15) is 6.61 Å². The normalized spacial score (nSPS) is 11.4. The van der Waals surface area contributed by atoms with Crippen LogP contribution in [-0.2, 0) is 9.53 Å². The number of esters is 1. The van der Waals surface area contributed by atoms with Crippen molar-refractivity contribution in [2.75, 3.05) is 6.61 Å². The fourth-order valence-electron chi connectivity index (χ4n) is 0.875.